The van der Waals surface area contributed by atoms with Crippen molar-refractivity contribution in [3.05, 3.63) is 53.6 Å². The Morgan fingerprint density at radius 3 is 2.79 bits per heavy atom. The third-order valence-electron chi connectivity index (χ3n) is 4.17. The third kappa shape index (κ3) is 2.43. The van der Waals surface area contributed by atoms with Gasteiger partial charge in [-0.3, -0.25) is 0 Å². The molecule has 100 valence electrons. The van der Waals surface area contributed by atoms with E-state index in [0.717, 1.165) is 19.6 Å². The van der Waals surface area contributed by atoms with Crippen molar-refractivity contribution >= 4 is 0 Å². The minimum absolute atomic E-state index is 0.223. The van der Waals surface area contributed by atoms with Crippen LogP contribution in [0.25, 0.3) is 0 Å². The lowest BCUT2D eigenvalue weighted by atomic mass is 9.86. The van der Waals surface area contributed by atoms with Crippen molar-refractivity contribution in [2.75, 3.05) is 13.1 Å². The highest BCUT2D eigenvalue weighted by Crippen LogP contribution is 2.30. The van der Waals surface area contributed by atoms with Gasteiger partial charge in [0.05, 0.1) is 6.33 Å². The molecule has 3 rings (SSSR count). The molecule has 3 heteroatoms. The van der Waals surface area contributed by atoms with Crippen LogP contribution in [-0.2, 0) is 12.0 Å². The second-order valence-electron chi connectivity index (χ2n) is 5.88. The number of nitrogens with one attached hydrogen (secondary N) is 1. The molecule has 1 N–H and O–H groups in total. The van der Waals surface area contributed by atoms with Gasteiger partial charge < -0.3 is 9.88 Å². The van der Waals surface area contributed by atoms with Crippen LogP contribution >= 0.6 is 0 Å². The maximum absolute atomic E-state index is 4.36. The van der Waals surface area contributed by atoms with Crippen LogP contribution in [-0.4, -0.2) is 22.6 Å². The first kappa shape index (κ1) is 12.4. The summed E-state index contributed by atoms with van der Waals surface area (Å²) < 4.78 is 2.29. The van der Waals surface area contributed by atoms with E-state index in [4.69, 9.17) is 0 Å². The standard InChI is InChI=1S/C16H21N3/c1-13-3-5-14(6-4-13)10-19-12-18-9-15(19)16(2)7-8-17-11-16/h3-6,9,12,17H,7-8,10-11H2,1-2H3. The molecular formula is C16H21N3. The third-order valence-corrected chi connectivity index (χ3v) is 4.17. The minimum Gasteiger partial charge on any atom is -0.330 e. The highest BCUT2D eigenvalue weighted by molar-refractivity contribution is 5.24. The molecule has 3 nitrogen and oxygen atoms in total. The van der Waals surface area contributed by atoms with Crippen LogP contribution in [0.3, 0.4) is 0 Å². The van der Waals surface area contributed by atoms with Crippen LogP contribution in [0.15, 0.2) is 36.8 Å². The van der Waals surface area contributed by atoms with Gasteiger partial charge in [0, 0.05) is 30.4 Å². The highest BCUT2D eigenvalue weighted by atomic mass is 15.1. The zero-order valence-electron chi connectivity index (χ0n) is 11.7. The molecule has 1 atom stereocenters. The molecule has 1 unspecified atom stereocenters. The molecule has 1 aliphatic heterocycles. The van der Waals surface area contributed by atoms with Crippen LogP contribution in [0.4, 0.5) is 0 Å². The topological polar surface area (TPSA) is 29.9 Å². The van der Waals surface area contributed by atoms with Gasteiger partial charge in [-0.25, -0.2) is 4.98 Å². The van der Waals surface area contributed by atoms with E-state index in [0.29, 0.717) is 0 Å². The zero-order chi connectivity index (χ0) is 13.3. The Hall–Kier alpha value is -1.61. The molecule has 1 fully saturated rings. The summed E-state index contributed by atoms with van der Waals surface area (Å²) in [5, 5.41) is 3.46. The normalized spacial score (nSPS) is 22.8. The molecule has 0 aliphatic carbocycles. The molecule has 0 spiro atoms. The van der Waals surface area contributed by atoms with Crippen LogP contribution < -0.4 is 5.32 Å². The molecule has 0 saturated carbocycles. The molecular weight excluding hydrogens is 234 g/mol. The Morgan fingerprint density at radius 1 is 1.32 bits per heavy atom. The van der Waals surface area contributed by atoms with Crippen LogP contribution in [0.5, 0.6) is 0 Å². The van der Waals surface area contributed by atoms with Gasteiger partial charge in [0.25, 0.3) is 0 Å². The molecule has 1 saturated heterocycles. The van der Waals surface area contributed by atoms with Crippen molar-refractivity contribution in [3.63, 3.8) is 0 Å². The number of hydrogen-bond donors (Lipinski definition) is 1. The smallest absolute Gasteiger partial charge is 0.0951 e. The Bertz CT molecular complexity index is 548. The summed E-state index contributed by atoms with van der Waals surface area (Å²) in [6.07, 6.45) is 5.17. The summed E-state index contributed by atoms with van der Waals surface area (Å²) in [6.45, 7) is 7.51. The number of nitrogens with zero attached hydrogens (tertiary/aromatic N) is 2. The Balaban J connectivity index is 1.86. The quantitative estimate of drug-likeness (QED) is 0.913. The highest BCUT2D eigenvalue weighted by Gasteiger charge is 2.33. The molecule has 19 heavy (non-hydrogen) atoms. The number of benzene rings is 1. The Kier molecular flexibility index (Phi) is 3.15. The SMILES string of the molecule is Cc1ccc(Cn2cncc2C2(C)CCNC2)cc1. The first-order chi connectivity index (χ1) is 9.17. The van der Waals surface area contributed by atoms with Gasteiger partial charge in [-0.15, -0.1) is 0 Å². The van der Waals surface area contributed by atoms with E-state index in [2.05, 4.69) is 53.0 Å². The fraction of sp³-hybridized carbons (Fsp3) is 0.438. The molecule has 0 radical (unpaired) electrons. The Labute approximate surface area is 114 Å². The average Bonchev–Trinajstić information content (AvgIpc) is 3.02. The van der Waals surface area contributed by atoms with Crippen molar-refractivity contribution in [2.45, 2.75) is 32.2 Å². The van der Waals surface area contributed by atoms with Crippen molar-refractivity contribution in [3.8, 4) is 0 Å². The summed E-state index contributed by atoms with van der Waals surface area (Å²) >= 11 is 0. The van der Waals surface area contributed by atoms with Gasteiger partial charge >= 0.3 is 0 Å². The zero-order valence-corrected chi connectivity index (χ0v) is 11.7. The van der Waals surface area contributed by atoms with Crippen LogP contribution in [0, 0.1) is 6.92 Å². The van der Waals surface area contributed by atoms with E-state index < -0.39 is 0 Å². The maximum Gasteiger partial charge on any atom is 0.0951 e. The lowest BCUT2D eigenvalue weighted by Crippen LogP contribution is -2.28. The van der Waals surface area contributed by atoms with Gasteiger partial charge in [-0.05, 0) is 25.5 Å². The van der Waals surface area contributed by atoms with E-state index in [1.807, 2.05) is 12.5 Å². The van der Waals surface area contributed by atoms with Crippen LogP contribution in [0.2, 0.25) is 0 Å². The van der Waals surface area contributed by atoms with Gasteiger partial charge in [0.1, 0.15) is 0 Å². The minimum atomic E-state index is 0.223. The number of imidazole rings is 1. The average molecular weight is 255 g/mol. The van der Waals surface area contributed by atoms with Crippen LogP contribution in [0.1, 0.15) is 30.2 Å². The van der Waals surface area contributed by atoms with Gasteiger partial charge in [-0.2, -0.15) is 0 Å². The molecule has 1 aliphatic rings. The van der Waals surface area contributed by atoms with E-state index in [-0.39, 0.29) is 5.41 Å². The fourth-order valence-electron chi connectivity index (χ4n) is 2.88. The van der Waals surface area contributed by atoms with E-state index in [1.165, 1.54) is 23.2 Å². The molecule has 2 aromatic rings. The summed E-state index contributed by atoms with van der Waals surface area (Å²) in [5.41, 5.74) is 4.21. The van der Waals surface area contributed by atoms with Crippen molar-refractivity contribution in [2.24, 2.45) is 0 Å². The second kappa shape index (κ2) is 4.82. The van der Waals surface area contributed by atoms with E-state index in [1.54, 1.807) is 0 Å². The lowest BCUT2D eigenvalue weighted by Gasteiger charge is -2.24. The molecule has 2 heterocycles. The molecule has 1 aromatic heterocycles. The summed E-state index contributed by atoms with van der Waals surface area (Å²) in [6, 6.07) is 8.75. The van der Waals surface area contributed by atoms with E-state index >= 15 is 0 Å². The lowest BCUT2D eigenvalue weighted by molar-refractivity contribution is 0.481. The maximum atomic E-state index is 4.36. The van der Waals surface area contributed by atoms with Gasteiger partial charge in [0.15, 0.2) is 0 Å². The fourth-order valence-corrected chi connectivity index (χ4v) is 2.88. The predicted octanol–water partition coefficient (Wildman–Crippen LogP) is 2.49. The van der Waals surface area contributed by atoms with E-state index in [9.17, 15) is 0 Å². The van der Waals surface area contributed by atoms with Crippen molar-refractivity contribution in [1.82, 2.24) is 14.9 Å². The van der Waals surface area contributed by atoms with Gasteiger partial charge in [0.2, 0.25) is 0 Å². The molecule has 1 aromatic carbocycles. The van der Waals surface area contributed by atoms with Gasteiger partial charge in [-0.1, -0.05) is 36.8 Å². The summed E-state index contributed by atoms with van der Waals surface area (Å²) in [4.78, 5) is 4.36. The largest absolute Gasteiger partial charge is 0.330 e. The number of hydrogen-bond acceptors (Lipinski definition) is 2. The first-order valence-corrected chi connectivity index (χ1v) is 6.94. The Morgan fingerprint density at radius 2 is 2.11 bits per heavy atom. The first-order valence-electron chi connectivity index (χ1n) is 6.94. The molecule has 0 bridgehead atoms. The number of rotatable bonds is 3. The van der Waals surface area contributed by atoms with Crippen molar-refractivity contribution in [1.29, 1.82) is 0 Å². The molecule has 0 amide bonds. The number of aromatic nitrogens is 2. The summed E-state index contributed by atoms with van der Waals surface area (Å²) in [7, 11) is 0. The summed E-state index contributed by atoms with van der Waals surface area (Å²) in [5.74, 6) is 0. The monoisotopic (exact) mass is 255 g/mol. The number of aryl methyl sites for hydroxylation is 1. The predicted molar refractivity (Wildman–Crippen MR) is 77.3 cm³/mol. The van der Waals surface area contributed by atoms with Crippen molar-refractivity contribution < 1.29 is 0 Å². The second-order valence-corrected chi connectivity index (χ2v) is 5.88.